The standard InChI is InChI=1S/C32H38ClN3O4S/c1-22-9-15-30(16-10-22)41(39,40)36(29-18-23(2)17-24(3)19-29)21-31(37)35(20-26-11-13-27(33)14-12-26)25(4)32(38)34-28-7-5-6-8-28/h9-19,25,28H,5-8,20-21H2,1-4H3,(H,34,38). The van der Waals surface area contributed by atoms with Crippen molar-refractivity contribution in [2.45, 2.75) is 76.9 Å². The van der Waals surface area contributed by atoms with Crippen LogP contribution in [0, 0.1) is 20.8 Å². The van der Waals surface area contributed by atoms with Gasteiger partial charge < -0.3 is 10.2 Å². The van der Waals surface area contributed by atoms with Gasteiger partial charge in [0.05, 0.1) is 10.6 Å². The largest absolute Gasteiger partial charge is 0.352 e. The minimum atomic E-state index is -4.11. The van der Waals surface area contributed by atoms with Crippen molar-refractivity contribution in [1.29, 1.82) is 0 Å². The number of nitrogens with one attached hydrogen (secondary N) is 1. The Bertz CT molecular complexity index is 1460. The van der Waals surface area contributed by atoms with Crippen LogP contribution in [-0.2, 0) is 26.2 Å². The summed E-state index contributed by atoms with van der Waals surface area (Å²) in [6.45, 7) is 7.00. The number of benzene rings is 3. The summed E-state index contributed by atoms with van der Waals surface area (Å²) in [5, 5.41) is 3.64. The maximum atomic E-state index is 14.1. The van der Waals surface area contributed by atoms with E-state index in [1.165, 1.54) is 4.90 Å². The highest BCUT2D eigenvalue weighted by molar-refractivity contribution is 7.92. The highest BCUT2D eigenvalue weighted by Gasteiger charge is 2.33. The molecular formula is C32H38ClN3O4S. The van der Waals surface area contributed by atoms with E-state index in [4.69, 9.17) is 11.6 Å². The number of hydrogen-bond donors (Lipinski definition) is 1. The minimum Gasteiger partial charge on any atom is -0.352 e. The van der Waals surface area contributed by atoms with Crippen LogP contribution >= 0.6 is 11.6 Å². The number of rotatable bonds is 10. The zero-order valence-corrected chi connectivity index (χ0v) is 25.6. The summed E-state index contributed by atoms with van der Waals surface area (Å²) >= 11 is 6.08. The minimum absolute atomic E-state index is 0.0890. The highest BCUT2D eigenvalue weighted by atomic mass is 35.5. The lowest BCUT2D eigenvalue weighted by Gasteiger charge is -2.32. The van der Waals surface area contributed by atoms with Crippen molar-refractivity contribution in [3.8, 4) is 0 Å². The number of amides is 2. The van der Waals surface area contributed by atoms with Crippen LogP contribution in [-0.4, -0.2) is 43.8 Å². The number of aryl methyl sites for hydroxylation is 3. The summed E-state index contributed by atoms with van der Waals surface area (Å²) in [5.74, 6) is -0.734. The van der Waals surface area contributed by atoms with Gasteiger partial charge in [0, 0.05) is 17.6 Å². The van der Waals surface area contributed by atoms with Crippen molar-refractivity contribution in [2.24, 2.45) is 0 Å². The maximum absolute atomic E-state index is 14.1. The molecule has 0 saturated heterocycles. The van der Waals surface area contributed by atoms with Crippen LogP contribution in [0.4, 0.5) is 5.69 Å². The van der Waals surface area contributed by atoms with Gasteiger partial charge in [0.2, 0.25) is 11.8 Å². The molecule has 1 unspecified atom stereocenters. The molecule has 1 saturated carbocycles. The number of nitrogens with zero attached hydrogens (tertiary/aromatic N) is 2. The fraction of sp³-hybridized carbons (Fsp3) is 0.375. The summed E-state index contributed by atoms with van der Waals surface area (Å²) in [4.78, 5) is 29.0. The molecule has 0 heterocycles. The van der Waals surface area contributed by atoms with Crippen LogP contribution in [0.3, 0.4) is 0 Å². The van der Waals surface area contributed by atoms with Crippen LogP contribution < -0.4 is 9.62 Å². The van der Waals surface area contributed by atoms with Crippen molar-refractivity contribution >= 4 is 39.1 Å². The molecule has 0 spiro atoms. The zero-order valence-electron chi connectivity index (χ0n) is 24.1. The summed E-state index contributed by atoms with van der Waals surface area (Å²) in [6, 6.07) is 18.4. The Morgan fingerprint density at radius 2 is 1.49 bits per heavy atom. The smallest absolute Gasteiger partial charge is 0.264 e. The van der Waals surface area contributed by atoms with Gasteiger partial charge >= 0.3 is 0 Å². The Morgan fingerprint density at radius 3 is 2.07 bits per heavy atom. The molecule has 3 aromatic rings. The Balaban J connectivity index is 1.70. The van der Waals surface area contributed by atoms with Gasteiger partial charge in [-0.25, -0.2) is 8.42 Å². The molecule has 2 amide bonds. The summed E-state index contributed by atoms with van der Waals surface area (Å²) in [6.07, 6.45) is 3.96. The van der Waals surface area contributed by atoms with Gasteiger partial charge in [0.25, 0.3) is 10.0 Å². The van der Waals surface area contributed by atoms with Crippen LogP contribution in [0.2, 0.25) is 5.02 Å². The lowest BCUT2D eigenvalue weighted by atomic mass is 10.1. The van der Waals surface area contributed by atoms with Crippen LogP contribution in [0.15, 0.2) is 71.6 Å². The molecule has 1 aliphatic rings. The molecule has 0 bridgehead atoms. The van der Waals surface area contributed by atoms with Crippen LogP contribution in [0.1, 0.15) is 54.9 Å². The first-order chi connectivity index (χ1) is 19.4. The summed E-state index contributed by atoms with van der Waals surface area (Å²) < 4.78 is 29.2. The van der Waals surface area contributed by atoms with Crippen molar-refractivity contribution in [3.05, 3.63) is 94.0 Å². The Kier molecular flexibility index (Phi) is 9.76. The molecule has 0 radical (unpaired) electrons. The molecule has 3 aromatic carbocycles. The fourth-order valence-corrected chi connectivity index (χ4v) is 6.75. The molecule has 1 N–H and O–H groups in total. The van der Waals surface area contributed by atoms with Gasteiger partial charge in [-0.05, 0) is 93.6 Å². The number of anilines is 1. The molecular weight excluding hydrogens is 558 g/mol. The molecule has 1 fully saturated rings. The first-order valence-electron chi connectivity index (χ1n) is 14.0. The molecule has 0 aliphatic heterocycles. The molecule has 0 aromatic heterocycles. The van der Waals surface area contributed by atoms with Gasteiger partial charge in [-0.2, -0.15) is 0 Å². The Hall–Kier alpha value is -3.36. The van der Waals surface area contributed by atoms with Crippen molar-refractivity contribution in [3.63, 3.8) is 0 Å². The Morgan fingerprint density at radius 1 is 0.902 bits per heavy atom. The predicted molar refractivity (Wildman–Crippen MR) is 163 cm³/mol. The SMILES string of the molecule is Cc1ccc(S(=O)(=O)N(CC(=O)N(Cc2ccc(Cl)cc2)C(C)C(=O)NC2CCCC2)c2cc(C)cc(C)c2)cc1. The van der Waals surface area contributed by atoms with Crippen molar-refractivity contribution < 1.29 is 18.0 Å². The molecule has 7 nitrogen and oxygen atoms in total. The number of carbonyl (C=O) groups excluding carboxylic acids is 2. The Labute approximate surface area is 248 Å². The van der Waals surface area contributed by atoms with E-state index in [0.29, 0.717) is 10.7 Å². The fourth-order valence-electron chi connectivity index (χ4n) is 5.22. The first-order valence-corrected chi connectivity index (χ1v) is 15.8. The molecule has 218 valence electrons. The van der Waals surface area contributed by atoms with E-state index in [2.05, 4.69) is 5.32 Å². The summed E-state index contributed by atoms with van der Waals surface area (Å²) in [5.41, 5.74) is 3.85. The zero-order chi connectivity index (χ0) is 29.7. The van der Waals surface area contributed by atoms with E-state index in [0.717, 1.165) is 52.2 Å². The second-order valence-corrected chi connectivity index (χ2v) is 13.3. The van der Waals surface area contributed by atoms with E-state index >= 15 is 0 Å². The van der Waals surface area contributed by atoms with E-state index in [1.54, 1.807) is 67.6 Å². The predicted octanol–water partition coefficient (Wildman–Crippen LogP) is 5.94. The third-order valence-corrected chi connectivity index (χ3v) is 9.56. The van der Waals surface area contributed by atoms with Gasteiger partial charge in [0.1, 0.15) is 12.6 Å². The van der Waals surface area contributed by atoms with Gasteiger partial charge in [-0.15, -0.1) is 0 Å². The molecule has 4 rings (SSSR count). The third-order valence-electron chi connectivity index (χ3n) is 7.52. The van der Waals surface area contributed by atoms with Gasteiger partial charge in [-0.1, -0.05) is 60.3 Å². The van der Waals surface area contributed by atoms with Crippen LogP contribution in [0.5, 0.6) is 0 Å². The third kappa shape index (κ3) is 7.68. The highest BCUT2D eigenvalue weighted by Crippen LogP contribution is 2.27. The second-order valence-electron chi connectivity index (χ2n) is 11.0. The average Bonchev–Trinajstić information content (AvgIpc) is 3.43. The molecule has 1 aliphatic carbocycles. The van der Waals surface area contributed by atoms with E-state index in [1.807, 2.05) is 26.8 Å². The quantitative estimate of drug-likeness (QED) is 0.314. The average molecular weight is 596 g/mol. The molecule has 41 heavy (non-hydrogen) atoms. The lowest BCUT2D eigenvalue weighted by molar-refractivity contribution is -0.139. The summed E-state index contributed by atoms with van der Waals surface area (Å²) in [7, 11) is -4.11. The number of carbonyl (C=O) groups is 2. The lowest BCUT2D eigenvalue weighted by Crippen LogP contribution is -2.52. The first kappa shape index (κ1) is 30.6. The molecule has 1 atom stereocenters. The normalized spacial score (nSPS) is 14.5. The van der Waals surface area contributed by atoms with Gasteiger partial charge in [0.15, 0.2) is 0 Å². The topological polar surface area (TPSA) is 86.8 Å². The number of hydrogen-bond acceptors (Lipinski definition) is 4. The van der Waals surface area contributed by atoms with Crippen molar-refractivity contribution in [1.82, 2.24) is 10.2 Å². The van der Waals surface area contributed by atoms with E-state index in [9.17, 15) is 18.0 Å². The van der Waals surface area contributed by atoms with Gasteiger partial charge in [-0.3, -0.25) is 13.9 Å². The van der Waals surface area contributed by atoms with E-state index < -0.39 is 28.5 Å². The number of sulfonamides is 1. The van der Waals surface area contributed by atoms with Crippen molar-refractivity contribution in [2.75, 3.05) is 10.8 Å². The number of halogens is 1. The maximum Gasteiger partial charge on any atom is 0.264 e. The van der Waals surface area contributed by atoms with E-state index in [-0.39, 0.29) is 23.4 Å². The molecule has 9 heteroatoms. The van der Waals surface area contributed by atoms with Crippen LogP contribution in [0.25, 0.3) is 0 Å². The second kappa shape index (κ2) is 13.1. The monoisotopic (exact) mass is 595 g/mol.